The summed E-state index contributed by atoms with van der Waals surface area (Å²) in [5.41, 5.74) is 0.848. The summed E-state index contributed by atoms with van der Waals surface area (Å²) in [5, 5.41) is 19.5. The van der Waals surface area contributed by atoms with Crippen LogP contribution in [0.25, 0.3) is 0 Å². The molecule has 0 unspecified atom stereocenters. The van der Waals surface area contributed by atoms with Crippen LogP contribution in [0, 0.1) is 15.5 Å². The zero-order valence-electron chi connectivity index (χ0n) is 16.0. The molecule has 10 nitrogen and oxygen atoms in total. The van der Waals surface area contributed by atoms with Crippen molar-refractivity contribution in [2.75, 3.05) is 31.1 Å². The third-order valence-corrected chi connectivity index (χ3v) is 4.84. The second-order valence-corrected chi connectivity index (χ2v) is 7.01. The largest absolute Gasteiger partial charge is 0.353 e. The number of aliphatic imine (C=N–C) groups is 1. The molecule has 2 aromatic rings. The fraction of sp³-hybridized carbons (Fsp3) is 0.263. The first-order chi connectivity index (χ1) is 14.5. The molecule has 11 heteroatoms. The molecule has 1 aliphatic heterocycles. The van der Waals surface area contributed by atoms with Gasteiger partial charge in [-0.1, -0.05) is 23.7 Å². The van der Waals surface area contributed by atoms with Crippen molar-refractivity contribution in [3.63, 3.8) is 0 Å². The van der Waals surface area contributed by atoms with Gasteiger partial charge in [-0.2, -0.15) is 0 Å². The highest BCUT2D eigenvalue weighted by Crippen LogP contribution is 2.17. The van der Waals surface area contributed by atoms with Crippen molar-refractivity contribution in [1.29, 1.82) is 5.41 Å². The summed E-state index contributed by atoms with van der Waals surface area (Å²) in [7, 11) is 0. The number of guanidine groups is 1. The number of amides is 1. The van der Waals surface area contributed by atoms with E-state index in [9.17, 15) is 14.9 Å². The molecule has 1 amide bonds. The number of hydrogen-bond acceptors (Lipinski definition) is 6. The number of rotatable bonds is 6. The fourth-order valence-electron chi connectivity index (χ4n) is 2.94. The number of nitro groups is 1. The topological polar surface area (TPSA) is 119 Å². The lowest BCUT2D eigenvalue weighted by Gasteiger charge is -2.35. The van der Waals surface area contributed by atoms with Crippen LogP contribution in [0.3, 0.4) is 0 Å². The van der Waals surface area contributed by atoms with E-state index in [0.29, 0.717) is 50.0 Å². The van der Waals surface area contributed by atoms with Gasteiger partial charge in [-0.25, -0.2) is 9.98 Å². The molecule has 1 saturated heterocycles. The van der Waals surface area contributed by atoms with Gasteiger partial charge in [0, 0.05) is 37.3 Å². The number of halogens is 1. The Kier molecular flexibility index (Phi) is 6.91. The number of pyridine rings is 1. The maximum absolute atomic E-state index is 11.3. The van der Waals surface area contributed by atoms with Gasteiger partial charge in [0.1, 0.15) is 18.4 Å². The van der Waals surface area contributed by atoms with Crippen LogP contribution < -0.4 is 4.90 Å². The van der Waals surface area contributed by atoms with Crippen molar-refractivity contribution in [2.24, 2.45) is 4.99 Å². The van der Waals surface area contributed by atoms with Crippen LogP contribution in [0.15, 0.2) is 47.6 Å². The van der Waals surface area contributed by atoms with Crippen LogP contribution in [0.4, 0.5) is 11.5 Å². The number of anilines is 1. The van der Waals surface area contributed by atoms with Crippen LogP contribution in [0.5, 0.6) is 0 Å². The van der Waals surface area contributed by atoms with Gasteiger partial charge in [-0.15, -0.1) is 0 Å². The summed E-state index contributed by atoms with van der Waals surface area (Å²) < 4.78 is 0. The lowest BCUT2D eigenvalue weighted by Crippen LogP contribution is -2.48. The smallest absolute Gasteiger partial charge is 0.287 e. The Balaban J connectivity index is 1.52. The number of piperazine rings is 1. The third kappa shape index (κ3) is 5.51. The molecule has 0 radical (unpaired) electrons. The Labute approximate surface area is 178 Å². The number of nitrogens with one attached hydrogen (secondary N) is 1. The van der Waals surface area contributed by atoms with Crippen molar-refractivity contribution >= 4 is 41.8 Å². The van der Waals surface area contributed by atoms with Gasteiger partial charge < -0.3 is 14.7 Å². The van der Waals surface area contributed by atoms with E-state index in [1.54, 1.807) is 23.1 Å². The molecule has 1 N–H and O–H groups in total. The van der Waals surface area contributed by atoms with E-state index < -0.39 is 4.92 Å². The van der Waals surface area contributed by atoms with Crippen molar-refractivity contribution in [1.82, 2.24) is 14.8 Å². The number of hydrogen-bond donors (Lipinski definition) is 1. The first kappa shape index (κ1) is 21.2. The third-order valence-electron chi connectivity index (χ3n) is 4.59. The maximum atomic E-state index is 11.3. The molecule has 0 atom stereocenters. The highest BCUT2D eigenvalue weighted by atomic mass is 35.5. The van der Waals surface area contributed by atoms with E-state index >= 15 is 0 Å². The SMILES string of the molecule is N=C(/N=C\N(C=O)Cc1ccc(Cl)cc1)N1CCN(c2ccc([N+](=O)[O-])cn2)CC1. The average Bonchev–Trinajstić information content (AvgIpc) is 2.78. The van der Waals surface area contributed by atoms with Crippen molar-refractivity contribution in [3.05, 3.63) is 63.3 Å². The molecular weight excluding hydrogens is 410 g/mol. The molecule has 1 fully saturated rings. The standard InChI is InChI=1S/C19H20ClN7O3/c20-16-3-1-15(2-4-16)12-24(14-28)13-23-19(21)26-9-7-25(8-10-26)18-6-5-17(11-22-18)27(29)30/h1-6,11,13-14,21H,7-10,12H2/b21-19?,23-13-. The molecule has 3 rings (SSSR count). The van der Waals surface area contributed by atoms with Crippen LogP contribution in [0.2, 0.25) is 5.02 Å². The van der Waals surface area contributed by atoms with E-state index in [-0.39, 0.29) is 11.6 Å². The van der Waals surface area contributed by atoms with Gasteiger partial charge in [0.2, 0.25) is 12.4 Å². The van der Waals surface area contributed by atoms with E-state index in [1.165, 1.54) is 23.5 Å². The summed E-state index contributed by atoms with van der Waals surface area (Å²) in [6.07, 6.45) is 3.24. The minimum absolute atomic E-state index is 0.0492. The van der Waals surface area contributed by atoms with Crippen molar-refractivity contribution in [2.45, 2.75) is 6.54 Å². The summed E-state index contributed by atoms with van der Waals surface area (Å²) in [6, 6.07) is 10.2. The summed E-state index contributed by atoms with van der Waals surface area (Å²) in [6.45, 7) is 2.63. The maximum Gasteiger partial charge on any atom is 0.287 e. The molecule has 1 aromatic heterocycles. The Bertz CT molecular complexity index is 926. The Morgan fingerprint density at radius 2 is 1.93 bits per heavy atom. The zero-order chi connectivity index (χ0) is 21.5. The summed E-state index contributed by atoms with van der Waals surface area (Å²) in [5.74, 6) is 0.722. The molecular formula is C19H20ClN7O3. The van der Waals surface area contributed by atoms with E-state index in [4.69, 9.17) is 17.0 Å². The lowest BCUT2D eigenvalue weighted by atomic mass is 10.2. The monoisotopic (exact) mass is 429 g/mol. The molecule has 1 aromatic carbocycles. The second kappa shape index (κ2) is 9.79. The van der Waals surface area contributed by atoms with E-state index in [2.05, 4.69) is 9.98 Å². The van der Waals surface area contributed by atoms with Crippen molar-refractivity contribution < 1.29 is 9.72 Å². The normalized spacial score (nSPS) is 14.0. The quantitative estimate of drug-likeness (QED) is 0.247. The lowest BCUT2D eigenvalue weighted by molar-refractivity contribution is -0.385. The zero-order valence-corrected chi connectivity index (χ0v) is 16.8. The minimum Gasteiger partial charge on any atom is -0.353 e. The molecule has 30 heavy (non-hydrogen) atoms. The van der Waals surface area contributed by atoms with E-state index in [1.807, 2.05) is 17.0 Å². The number of aromatic nitrogens is 1. The molecule has 0 bridgehead atoms. The van der Waals surface area contributed by atoms with Gasteiger partial charge in [-0.05, 0) is 23.8 Å². The second-order valence-electron chi connectivity index (χ2n) is 6.58. The number of benzene rings is 1. The van der Waals surface area contributed by atoms with Gasteiger partial charge in [0.15, 0.2) is 0 Å². The number of nitrogens with zero attached hydrogens (tertiary/aromatic N) is 6. The van der Waals surface area contributed by atoms with Gasteiger partial charge in [-0.3, -0.25) is 20.3 Å². The average molecular weight is 430 g/mol. The molecule has 0 aliphatic carbocycles. The van der Waals surface area contributed by atoms with Crippen LogP contribution in [0.1, 0.15) is 5.56 Å². The first-order valence-electron chi connectivity index (χ1n) is 9.15. The molecule has 0 spiro atoms. The van der Waals surface area contributed by atoms with Gasteiger partial charge in [0.05, 0.1) is 11.5 Å². The Morgan fingerprint density at radius 1 is 1.23 bits per heavy atom. The molecule has 0 saturated carbocycles. The summed E-state index contributed by atoms with van der Waals surface area (Å²) >= 11 is 5.86. The molecule has 156 valence electrons. The fourth-order valence-corrected chi connectivity index (χ4v) is 3.06. The van der Waals surface area contributed by atoms with Crippen LogP contribution >= 0.6 is 11.6 Å². The van der Waals surface area contributed by atoms with Gasteiger partial charge >= 0.3 is 0 Å². The highest BCUT2D eigenvalue weighted by Gasteiger charge is 2.20. The van der Waals surface area contributed by atoms with Crippen molar-refractivity contribution in [3.8, 4) is 0 Å². The molecule has 2 heterocycles. The Morgan fingerprint density at radius 3 is 2.50 bits per heavy atom. The van der Waals surface area contributed by atoms with Crippen LogP contribution in [-0.4, -0.2) is 64.6 Å². The Hall–Kier alpha value is -3.53. The number of carbonyl (C=O) groups is 1. The predicted octanol–water partition coefficient (Wildman–Crippen LogP) is 2.39. The summed E-state index contributed by atoms with van der Waals surface area (Å²) in [4.78, 5) is 34.9. The van der Waals surface area contributed by atoms with E-state index in [0.717, 1.165) is 5.56 Å². The number of carbonyl (C=O) groups excluding carboxylic acids is 1. The first-order valence-corrected chi connectivity index (χ1v) is 9.52. The van der Waals surface area contributed by atoms with Crippen LogP contribution in [-0.2, 0) is 11.3 Å². The predicted molar refractivity (Wildman–Crippen MR) is 114 cm³/mol. The van der Waals surface area contributed by atoms with Gasteiger partial charge in [0.25, 0.3) is 5.69 Å². The minimum atomic E-state index is -0.483. The highest BCUT2D eigenvalue weighted by molar-refractivity contribution is 6.30. The molecule has 1 aliphatic rings.